The van der Waals surface area contributed by atoms with Gasteiger partial charge in [-0.05, 0) is 42.7 Å². The zero-order valence-electron chi connectivity index (χ0n) is 14.8. The first kappa shape index (κ1) is 17.8. The van der Waals surface area contributed by atoms with Crippen LogP contribution in [0.25, 0.3) is 0 Å². The SMILES string of the molecule is COc1ccc(N(CC(=O)NC(=O)NC2CC2)Cc2ccccc2)cc1. The summed E-state index contributed by atoms with van der Waals surface area (Å²) in [5.41, 5.74) is 1.96. The van der Waals surface area contributed by atoms with E-state index in [2.05, 4.69) is 10.6 Å². The molecule has 3 amide bonds. The van der Waals surface area contributed by atoms with Crippen LogP contribution in [0.5, 0.6) is 5.75 Å². The van der Waals surface area contributed by atoms with Gasteiger partial charge in [-0.1, -0.05) is 30.3 Å². The molecule has 26 heavy (non-hydrogen) atoms. The van der Waals surface area contributed by atoms with E-state index in [4.69, 9.17) is 4.74 Å². The van der Waals surface area contributed by atoms with Crippen molar-refractivity contribution >= 4 is 17.6 Å². The number of methoxy groups -OCH3 is 1. The summed E-state index contributed by atoms with van der Waals surface area (Å²) < 4.78 is 5.19. The van der Waals surface area contributed by atoms with Crippen LogP contribution in [-0.4, -0.2) is 31.6 Å². The fourth-order valence-electron chi connectivity index (χ4n) is 2.62. The molecule has 1 fully saturated rings. The van der Waals surface area contributed by atoms with E-state index in [-0.39, 0.29) is 18.5 Å². The van der Waals surface area contributed by atoms with E-state index >= 15 is 0 Å². The standard InChI is InChI=1S/C20H23N3O3/c1-26-18-11-9-17(10-12-18)23(13-15-5-3-2-4-6-15)14-19(24)22-20(25)21-16-7-8-16/h2-6,9-12,16H,7-8,13-14H2,1H3,(H2,21,22,24,25). The van der Waals surface area contributed by atoms with Crippen LogP contribution in [0.3, 0.4) is 0 Å². The minimum atomic E-state index is -0.424. The lowest BCUT2D eigenvalue weighted by atomic mass is 10.2. The Morgan fingerprint density at radius 2 is 1.77 bits per heavy atom. The Kier molecular flexibility index (Phi) is 5.73. The van der Waals surface area contributed by atoms with Crippen molar-refractivity contribution in [3.05, 3.63) is 60.2 Å². The Bertz CT molecular complexity index is 743. The summed E-state index contributed by atoms with van der Waals surface area (Å²) in [5, 5.41) is 5.16. The Labute approximate surface area is 153 Å². The molecule has 0 heterocycles. The van der Waals surface area contributed by atoms with Gasteiger partial charge in [-0.3, -0.25) is 10.1 Å². The molecule has 0 aliphatic heterocycles. The number of carbonyl (C=O) groups excluding carboxylic acids is 2. The van der Waals surface area contributed by atoms with E-state index in [1.807, 2.05) is 59.5 Å². The zero-order chi connectivity index (χ0) is 18.4. The Morgan fingerprint density at radius 3 is 2.38 bits per heavy atom. The van der Waals surface area contributed by atoms with Gasteiger partial charge in [-0.25, -0.2) is 4.79 Å². The van der Waals surface area contributed by atoms with E-state index in [9.17, 15) is 9.59 Å². The van der Waals surface area contributed by atoms with Crippen LogP contribution in [0.1, 0.15) is 18.4 Å². The average molecular weight is 353 g/mol. The Balaban J connectivity index is 1.68. The van der Waals surface area contributed by atoms with Gasteiger partial charge in [0, 0.05) is 18.3 Å². The van der Waals surface area contributed by atoms with Crippen LogP contribution in [0, 0.1) is 0 Å². The van der Waals surface area contributed by atoms with Crippen LogP contribution in [-0.2, 0) is 11.3 Å². The summed E-state index contributed by atoms with van der Waals surface area (Å²) in [6, 6.07) is 17.2. The third kappa shape index (κ3) is 5.24. The van der Waals surface area contributed by atoms with Crippen LogP contribution >= 0.6 is 0 Å². The van der Waals surface area contributed by atoms with Gasteiger partial charge >= 0.3 is 6.03 Å². The van der Waals surface area contributed by atoms with Gasteiger partial charge in [-0.15, -0.1) is 0 Å². The molecule has 3 rings (SSSR count). The van der Waals surface area contributed by atoms with Crippen molar-refractivity contribution in [2.75, 3.05) is 18.6 Å². The van der Waals surface area contributed by atoms with Gasteiger partial charge in [0.05, 0.1) is 13.7 Å². The summed E-state index contributed by atoms with van der Waals surface area (Å²) in [5.74, 6) is 0.413. The predicted octanol–water partition coefficient (Wildman–Crippen LogP) is 2.69. The molecular formula is C20H23N3O3. The van der Waals surface area contributed by atoms with Crippen molar-refractivity contribution in [2.45, 2.75) is 25.4 Å². The van der Waals surface area contributed by atoms with Gasteiger partial charge < -0.3 is 15.0 Å². The quantitative estimate of drug-likeness (QED) is 0.803. The van der Waals surface area contributed by atoms with E-state index < -0.39 is 6.03 Å². The molecule has 1 aliphatic carbocycles. The molecule has 6 nitrogen and oxygen atoms in total. The third-order valence-corrected chi connectivity index (χ3v) is 4.15. The van der Waals surface area contributed by atoms with Crippen molar-refractivity contribution in [1.29, 1.82) is 0 Å². The highest BCUT2D eigenvalue weighted by Crippen LogP contribution is 2.21. The number of amides is 3. The molecule has 0 atom stereocenters. The molecule has 2 N–H and O–H groups in total. The molecule has 0 aromatic heterocycles. The van der Waals surface area contributed by atoms with Crippen molar-refractivity contribution in [3.63, 3.8) is 0 Å². The highest BCUT2D eigenvalue weighted by molar-refractivity contribution is 5.96. The molecular weight excluding hydrogens is 330 g/mol. The number of carbonyl (C=O) groups is 2. The van der Waals surface area contributed by atoms with Crippen molar-refractivity contribution in [1.82, 2.24) is 10.6 Å². The molecule has 0 radical (unpaired) electrons. The first-order valence-corrected chi connectivity index (χ1v) is 8.67. The van der Waals surface area contributed by atoms with Crippen LogP contribution in [0.2, 0.25) is 0 Å². The maximum atomic E-state index is 12.3. The average Bonchev–Trinajstić information content (AvgIpc) is 3.46. The number of hydrogen-bond acceptors (Lipinski definition) is 4. The number of nitrogens with zero attached hydrogens (tertiary/aromatic N) is 1. The number of hydrogen-bond donors (Lipinski definition) is 2. The number of imide groups is 1. The van der Waals surface area contributed by atoms with E-state index in [0.29, 0.717) is 6.54 Å². The summed E-state index contributed by atoms with van der Waals surface area (Å²) in [6.45, 7) is 0.643. The molecule has 1 aliphatic rings. The summed E-state index contributed by atoms with van der Waals surface area (Å²) in [4.78, 5) is 26.0. The second kappa shape index (κ2) is 8.38. The molecule has 0 saturated heterocycles. The minimum Gasteiger partial charge on any atom is -0.497 e. The maximum absolute atomic E-state index is 12.3. The number of benzene rings is 2. The van der Waals surface area contributed by atoms with Crippen molar-refractivity contribution in [3.8, 4) is 5.75 Å². The minimum absolute atomic E-state index is 0.0826. The van der Waals surface area contributed by atoms with Gasteiger partial charge in [0.15, 0.2) is 0 Å². The van der Waals surface area contributed by atoms with Crippen molar-refractivity contribution in [2.24, 2.45) is 0 Å². The number of urea groups is 1. The first-order chi connectivity index (χ1) is 12.6. The van der Waals surface area contributed by atoms with Gasteiger partial charge in [0.1, 0.15) is 5.75 Å². The lowest BCUT2D eigenvalue weighted by Gasteiger charge is -2.24. The topological polar surface area (TPSA) is 70.7 Å². The smallest absolute Gasteiger partial charge is 0.321 e. The third-order valence-electron chi connectivity index (χ3n) is 4.15. The maximum Gasteiger partial charge on any atom is 0.321 e. The molecule has 6 heteroatoms. The lowest BCUT2D eigenvalue weighted by Crippen LogP contribution is -2.45. The summed E-state index contributed by atoms with van der Waals surface area (Å²) in [6.07, 6.45) is 1.96. The predicted molar refractivity (Wildman–Crippen MR) is 100 cm³/mol. The largest absolute Gasteiger partial charge is 0.497 e. The summed E-state index contributed by atoms with van der Waals surface area (Å²) >= 11 is 0. The highest BCUT2D eigenvalue weighted by Gasteiger charge is 2.24. The molecule has 1 saturated carbocycles. The number of anilines is 1. The monoisotopic (exact) mass is 353 g/mol. The molecule has 0 unspecified atom stereocenters. The first-order valence-electron chi connectivity index (χ1n) is 8.67. The summed E-state index contributed by atoms with van der Waals surface area (Å²) in [7, 11) is 1.61. The molecule has 0 bridgehead atoms. The van der Waals surface area contributed by atoms with Crippen molar-refractivity contribution < 1.29 is 14.3 Å². The van der Waals surface area contributed by atoms with E-state index in [0.717, 1.165) is 29.8 Å². The molecule has 0 spiro atoms. The van der Waals surface area contributed by atoms with Gasteiger partial charge in [-0.2, -0.15) is 0 Å². The second-order valence-corrected chi connectivity index (χ2v) is 6.34. The number of ether oxygens (including phenoxy) is 1. The normalized spacial score (nSPS) is 13.0. The molecule has 136 valence electrons. The van der Waals surface area contributed by atoms with Gasteiger partial charge in [0.2, 0.25) is 5.91 Å². The fraction of sp³-hybridized carbons (Fsp3) is 0.300. The second-order valence-electron chi connectivity index (χ2n) is 6.34. The van der Waals surface area contributed by atoms with E-state index in [1.165, 1.54) is 0 Å². The van der Waals surface area contributed by atoms with E-state index in [1.54, 1.807) is 7.11 Å². The van der Waals surface area contributed by atoms with Gasteiger partial charge in [0.25, 0.3) is 0 Å². The Morgan fingerprint density at radius 1 is 1.08 bits per heavy atom. The number of nitrogens with one attached hydrogen (secondary N) is 2. The highest BCUT2D eigenvalue weighted by atomic mass is 16.5. The van der Waals surface area contributed by atoms with Crippen LogP contribution in [0.15, 0.2) is 54.6 Å². The van der Waals surface area contributed by atoms with Crippen LogP contribution in [0.4, 0.5) is 10.5 Å². The molecule has 2 aromatic rings. The lowest BCUT2D eigenvalue weighted by molar-refractivity contribution is -0.118. The molecule has 2 aromatic carbocycles. The Hall–Kier alpha value is -3.02. The fourth-order valence-corrected chi connectivity index (χ4v) is 2.62. The van der Waals surface area contributed by atoms with Crippen LogP contribution < -0.4 is 20.3 Å². The zero-order valence-corrected chi connectivity index (χ0v) is 14.8. The number of rotatable bonds is 7.